The Hall–Kier alpha value is -3.46. The molecule has 2 heterocycles. The van der Waals surface area contributed by atoms with Crippen LogP contribution in [0.4, 0.5) is 5.69 Å². The van der Waals surface area contributed by atoms with Crippen molar-refractivity contribution >= 4 is 39.1 Å². The van der Waals surface area contributed by atoms with Crippen molar-refractivity contribution in [1.29, 1.82) is 0 Å². The van der Waals surface area contributed by atoms with Gasteiger partial charge in [-0.15, -0.1) is 0 Å². The molecule has 2 aromatic heterocycles. The van der Waals surface area contributed by atoms with Gasteiger partial charge in [0.1, 0.15) is 11.5 Å². The van der Waals surface area contributed by atoms with Crippen LogP contribution >= 0.6 is 15.9 Å². The molecule has 0 fully saturated rings. The van der Waals surface area contributed by atoms with Gasteiger partial charge in [0.15, 0.2) is 5.76 Å². The maximum atomic E-state index is 12.9. The van der Waals surface area contributed by atoms with Crippen LogP contribution in [0.25, 0.3) is 0 Å². The highest BCUT2D eigenvalue weighted by Crippen LogP contribution is 2.30. The molecule has 0 spiro atoms. The van der Waals surface area contributed by atoms with E-state index < -0.39 is 0 Å². The number of hydrogen-bond donors (Lipinski definition) is 2. The summed E-state index contributed by atoms with van der Waals surface area (Å²) >= 11 is 3.30. The number of nitrogens with zero attached hydrogens (tertiary/aromatic N) is 2. The monoisotopic (exact) mass is 510 g/mol. The molecule has 2 N–H and O–H groups in total. The first kappa shape index (κ1) is 22.7. The fourth-order valence-corrected chi connectivity index (χ4v) is 4.07. The van der Waals surface area contributed by atoms with Crippen molar-refractivity contribution < 1.29 is 18.7 Å². The molecular formula is C24H23BrN4O4. The summed E-state index contributed by atoms with van der Waals surface area (Å²) in [6.45, 7) is 4.32. The molecule has 3 aromatic rings. The van der Waals surface area contributed by atoms with Crippen LogP contribution in [0, 0.1) is 6.92 Å². The second-order valence-electron chi connectivity index (χ2n) is 7.51. The van der Waals surface area contributed by atoms with E-state index in [1.807, 2.05) is 13.8 Å². The number of rotatable bonds is 6. The maximum absolute atomic E-state index is 12.9. The molecule has 2 amide bonds. The van der Waals surface area contributed by atoms with Crippen molar-refractivity contribution in [2.24, 2.45) is 5.10 Å². The lowest BCUT2D eigenvalue weighted by molar-refractivity contribution is 0.0953. The summed E-state index contributed by atoms with van der Waals surface area (Å²) in [6.07, 6.45) is 5.26. The first-order chi connectivity index (χ1) is 16.0. The van der Waals surface area contributed by atoms with Crippen LogP contribution in [0.15, 0.2) is 56.7 Å². The molecule has 0 atom stereocenters. The molecule has 0 saturated heterocycles. The second kappa shape index (κ2) is 9.99. The lowest BCUT2D eigenvalue weighted by atomic mass is 9.93. The zero-order chi connectivity index (χ0) is 23.4. The Kier molecular flexibility index (Phi) is 6.88. The van der Waals surface area contributed by atoms with Gasteiger partial charge in [-0.25, -0.2) is 5.43 Å². The average molecular weight is 511 g/mol. The summed E-state index contributed by atoms with van der Waals surface area (Å²) < 4.78 is 12.1. The average Bonchev–Trinajstić information content (AvgIpc) is 3.16. The smallest absolute Gasteiger partial charge is 0.291 e. The SMILES string of the molecule is CCOc1ccc(NC(=O)c2oc3c(c2C)/C(=N/NC(=O)c2cncc(Br)c2)CCC3)cc1. The third kappa shape index (κ3) is 5.14. The van der Waals surface area contributed by atoms with E-state index in [1.165, 1.54) is 6.20 Å². The van der Waals surface area contributed by atoms with Crippen molar-refractivity contribution in [1.82, 2.24) is 10.4 Å². The molecule has 1 aliphatic rings. The van der Waals surface area contributed by atoms with Gasteiger partial charge in [-0.05, 0) is 73.0 Å². The van der Waals surface area contributed by atoms with E-state index in [0.29, 0.717) is 52.2 Å². The van der Waals surface area contributed by atoms with Crippen LogP contribution in [0.5, 0.6) is 5.75 Å². The molecule has 8 nitrogen and oxygen atoms in total. The molecule has 0 bridgehead atoms. The van der Waals surface area contributed by atoms with E-state index in [0.717, 1.165) is 17.7 Å². The minimum atomic E-state index is -0.363. The fraction of sp³-hybridized carbons (Fsp3) is 0.250. The summed E-state index contributed by atoms with van der Waals surface area (Å²) in [5, 5.41) is 7.20. The Balaban J connectivity index is 1.52. The van der Waals surface area contributed by atoms with Crippen LogP contribution in [-0.4, -0.2) is 29.1 Å². The molecule has 1 aliphatic carbocycles. The highest BCUT2D eigenvalue weighted by atomic mass is 79.9. The molecule has 9 heteroatoms. The highest BCUT2D eigenvalue weighted by Gasteiger charge is 2.28. The van der Waals surface area contributed by atoms with Gasteiger partial charge in [0, 0.05) is 40.1 Å². The molecule has 1 aromatic carbocycles. The number of ether oxygens (including phenoxy) is 1. The summed E-state index contributed by atoms with van der Waals surface area (Å²) in [4.78, 5) is 29.3. The van der Waals surface area contributed by atoms with Crippen molar-refractivity contribution in [2.45, 2.75) is 33.1 Å². The van der Waals surface area contributed by atoms with Gasteiger partial charge in [-0.3, -0.25) is 14.6 Å². The number of aryl methyl sites for hydroxylation is 1. The fourth-order valence-electron chi connectivity index (χ4n) is 3.70. The van der Waals surface area contributed by atoms with Crippen molar-refractivity contribution in [3.63, 3.8) is 0 Å². The normalized spacial score (nSPS) is 14.0. The van der Waals surface area contributed by atoms with Gasteiger partial charge in [0.25, 0.3) is 11.8 Å². The second-order valence-corrected chi connectivity index (χ2v) is 8.43. The number of benzene rings is 1. The quantitative estimate of drug-likeness (QED) is 0.460. The molecule has 33 heavy (non-hydrogen) atoms. The van der Waals surface area contributed by atoms with Crippen molar-refractivity contribution in [3.05, 3.63) is 75.4 Å². The van der Waals surface area contributed by atoms with Gasteiger partial charge in [-0.1, -0.05) is 0 Å². The number of amides is 2. The van der Waals surface area contributed by atoms with Gasteiger partial charge in [0.2, 0.25) is 0 Å². The number of pyridine rings is 1. The van der Waals surface area contributed by atoms with Crippen molar-refractivity contribution in [2.75, 3.05) is 11.9 Å². The standard InChI is InChI=1S/C24H23BrN4O4/c1-3-32-18-9-7-17(8-10-18)27-24(31)22-14(2)21-19(5-4-6-20(21)33-22)28-29-23(30)15-11-16(25)13-26-12-15/h7-13H,3-6H2,1-2H3,(H,27,31)(H,29,30)/b28-19+. The molecule has 170 valence electrons. The molecule has 0 saturated carbocycles. The highest BCUT2D eigenvalue weighted by molar-refractivity contribution is 9.10. The van der Waals surface area contributed by atoms with Gasteiger partial charge >= 0.3 is 0 Å². The first-order valence-electron chi connectivity index (χ1n) is 10.6. The van der Waals surface area contributed by atoms with Gasteiger partial charge in [0.05, 0.1) is 17.9 Å². The number of nitrogens with one attached hydrogen (secondary N) is 2. The van der Waals surface area contributed by atoms with Crippen LogP contribution in [0.1, 0.15) is 57.6 Å². The zero-order valence-electron chi connectivity index (χ0n) is 18.3. The Morgan fingerprint density at radius 3 is 2.70 bits per heavy atom. The number of carbonyl (C=O) groups is 2. The van der Waals surface area contributed by atoms with E-state index >= 15 is 0 Å². The largest absolute Gasteiger partial charge is 0.494 e. The van der Waals surface area contributed by atoms with E-state index in [1.54, 1.807) is 36.5 Å². The lowest BCUT2D eigenvalue weighted by Crippen LogP contribution is -2.22. The Labute approximate surface area is 199 Å². The van der Waals surface area contributed by atoms with E-state index in [9.17, 15) is 9.59 Å². The summed E-state index contributed by atoms with van der Waals surface area (Å²) in [5.41, 5.74) is 5.80. The molecule has 0 unspecified atom stereocenters. The van der Waals surface area contributed by atoms with Crippen LogP contribution in [-0.2, 0) is 6.42 Å². The molecule has 0 radical (unpaired) electrons. The summed E-state index contributed by atoms with van der Waals surface area (Å²) in [6, 6.07) is 8.82. The van der Waals surface area contributed by atoms with Gasteiger partial charge in [-0.2, -0.15) is 5.10 Å². The zero-order valence-corrected chi connectivity index (χ0v) is 19.9. The molecule has 4 rings (SSSR count). The lowest BCUT2D eigenvalue weighted by Gasteiger charge is -2.13. The van der Waals surface area contributed by atoms with Crippen molar-refractivity contribution in [3.8, 4) is 5.75 Å². The maximum Gasteiger partial charge on any atom is 0.291 e. The molecular weight excluding hydrogens is 488 g/mol. The van der Waals surface area contributed by atoms with Crippen LogP contribution < -0.4 is 15.5 Å². The third-order valence-corrected chi connectivity index (χ3v) is 5.65. The number of halogens is 1. The first-order valence-corrected chi connectivity index (χ1v) is 11.4. The number of anilines is 1. The Morgan fingerprint density at radius 2 is 1.97 bits per heavy atom. The van der Waals surface area contributed by atoms with E-state index in [2.05, 4.69) is 36.8 Å². The van der Waals surface area contributed by atoms with Crippen LogP contribution in [0.2, 0.25) is 0 Å². The van der Waals surface area contributed by atoms with Gasteiger partial charge < -0.3 is 14.5 Å². The minimum absolute atomic E-state index is 0.242. The number of aromatic nitrogens is 1. The summed E-state index contributed by atoms with van der Waals surface area (Å²) in [7, 11) is 0. The number of fused-ring (bicyclic) bond motifs is 1. The van der Waals surface area contributed by atoms with Crippen LogP contribution in [0.3, 0.4) is 0 Å². The Bertz CT molecular complexity index is 1220. The molecule has 0 aliphatic heterocycles. The number of hydrazone groups is 1. The Morgan fingerprint density at radius 1 is 1.18 bits per heavy atom. The minimum Gasteiger partial charge on any atom is -0.494 e. The number of carbonyl (C=O) groups excluding carboxylic acids is 2. The van der Waals surface area contributed by atoms with E-state index in [-0.39, 0.29) is 17.6 Å². The topological polar surface area (TPSA) is 106 Å². The predicted octanol–water partition coefficient (Wildman–Crippen LogP) is 4.87. The number of hydrogen-bond acceptors (Lipinski definition) is 6. The van der Waals surface area contributed by atoms with E-state index in [4.69, 9.17) is 9.15 Å². The predicted molar refractivity (Wildman–Crippen MR) is 128 cm³/mol. The summed E-state index contributed by atoms with van der Waals surface area (Å²) in [5.74, 6) is 0.980. The number of furan rings is 1. The third-order valence-electron chi connectivity index (χ3n) is 5.21.